The molecule has 0 N–H and O–H groups in total. The van der Waals surface area contributed by atoms with Crippen LogP contribution in [0, 0.1) is 0 Å². The molecule has 0 radical (unpaired) electrons. The number of Topliss-reactive ketones (excluding diaryl/α,β-unsaturated/α-hetero) is 1. The van der Waals surface area contributed by atoms with Gasteiger partial charge in [0.1, 0.15) is 11.0 Å². The summed E-state index contributed by atoms with van der Waals surface area (Å²) in [5, 5.41) is -0.836. The molecule has 2 aromatic rings. The van der Waals surface area contributed by atoms with Crippen LogP contribution in [0.25, 0.3) is 10.4 Å². The number of rotatable bonds is 9. The number of hydrogen-bond donors (Lipinski definition) is 0. The van der Waals surface area contributed by atoms with Crippen LogP contribution in [0.15, 0.2) is 40.2 Å². The summed E-state index contributed by atoms with van der Waals surface area (Å²) in [6, 6.07) is 12.7. The third-order valence-corrected chi connectivity index (χ3v) is 7.49. The van der Waals surface area contributed by atoms with E-state index >= 15 is 0 Å². The molecule has 0 aliphatic rings. The van der Waals surface area contributed by atoms with Gasteiger partial charge in [-0.3, -0.25) is 4.79 Å². The maximum atomic E-state index is 11.6. The van der Waals surface area contributed by atoms with Crippen LogP contribution < -0.4 is 0 Å². The molecule has 1 atom stereocenters. The monoisotopic (exact) mass is 442 g/mol. The predicted octanol–water partition coefficient (Wildman–Crippen LogP) is 5.28. The van der Waals surface area contributed by atoms with E-state index in [0.29, 0.717) is 6.42 Å². The number of ketones is 1. The first-order valence-electron chi connectivity index (χ1n) is 8.31. The van der Waals surface area contributed by atoms with Crippen molar-refractivity contribution in [3.05, 3.63) is 45.7 Å². The fourth-order valence-corrected chi connectivity index (χ4v) is 5.45. The first-order valence-corrected chi connectivity index (χ1v) is 11.9. The van der Waals surface area contributed by atoms with Gasteiger partial charge in [0.2, 0.25) is 0 Å². The first kappa shape index (κ1) is 20.3. The van der Waals surface area contributed by atoms with Crippen LogP contribution in [0.5, 0.6) is 0 Å². The Morgan fingerprint density at radius 1 is 1.08 bits per heavy atom. The van der Waals surface area contributed by atoms with Crippen LogP contribution in [0.1, 0.15) is 38.2 Å². The standard InChI is InChI=1S/C19H23BrO3S2/c1-14(21)18(25(2,22)23)7-5-3-4-6-15-8-10-16(11-9-15)17-12-13-19(20)24-17/h8-13,18H,3-7H2,1-2H3. The molecule has 3 nitrogen and oxygen atoms in total. The van der Waals surface area contributed by atoms with Gasteiger partial charge >= 0.3 is 0 Å². The molecule has 25 heavy (non-hydrogen) atoms. The smallest absolute Gasteiger partial charge is 0.157 e. The van der Waals surface area contributed by atoms with Crippen LogP contribution in [0.3, 0.4) is 0 Å². The summed E-state index contributed by atoms with van der Waals surface area (Å²) in [7, 11) is -3.28. The lowest BCUT2D eigenvalue weighted by molar-refractivity contribution is -0.116. The molecular formula is C19H23BrO3S2. The Morgan fingerprint density at radius 3 is 2.28 bits per heavy atom. The molecule has 0 fully saturated rings. The van der Waals surface area contributed by atoms with Crippen LogP contribution >= 0.6 is 27.3 Å². The SMILES string of the molecule is CC(=O)C(CCCCCc1ccc(-c2ccc(Br)s2)cc1)S(C)(=O)=O. The van der Waals surface area contributed by atoms with E-state index in [1.165, 1.54) is 22.9 Å². The Kier molecular flexibility index (Phi) is 7.40. The van der Waals surface area contributed by atoms with Gasteiger partial charge in [0.15, 0.2) is 9.84 Å². The number of carbonyl (C=O) groups is 1. The van der Waals surface area contributed by atoms with Crippen LogP contribution in [0.4, 0.5) is 0 Å². The van der Waals surface area contributed by atoms with Crippen molar-refractivity contribution in [1.82, 2.24) is 0 Å². The van der Waals surface area contributed by atoms with E-state index < -0.39 is 15.1 Å². The summed E-state index contributed by atoms with van der Waals surface area (Å²) in [5.41, 5.74) is 2.50. The molecule has 2 rings (SSSR count). The molecular weight excluding hydrogens is 420 g/mol. The summed E-state index contributed by atoms with van der Waals surface area (Å²) >= 11 is 5.20. The average Bonchev–Trinajstić information content (AvgIpc) is 2.96. The molecule has 0 saturated heterocycles. The normalized spacial score (nSPS) is 12.9. The largest absolute Gasteiger partial charge is 0.299 e. The van der Waals surface area contributed by atoms with Crippen molar-refractivity contribution in [1.29, 1.82) is 0 Å². The molecule has 0 aliphatic carbocycles. The Morgan fingerprint density at radius 2 is 1.76 bits per heavy atom. The molecule has 6 heteroatoms. The van der Waals surface area contributed by atoms with E-state index in [0.717, 1.165) is 35.7 Å². The fraction of sp³-hybridized carbons (Fsp3) is 0.421. The Balaban J connectivity index is 1.77. The van der Waals surface area contributed by atoms with Gasteiger partial charge in [0.25, 0.3) is 0 Å². The number of benzene rings is 1. The zero-order valence-corrected chi connectivity index (χ0v) is 17.7. The number of sulfone groups is 1. The van der Waals surface area contributed by atoms with Gasteiger partial charge in [-0.1, -0.05) is 37.1 Å². The van der Waals surface area contributed by atoms with Crippen molar-refractivity contribution >= 4 is 42.9 Å². The number of aryl methyl sites for hydroxylation is 1. The average molecular weight is 443 g/mol. The van der Waals surface area contributed by atoms with E-state index in [4.69, 9.17) is 0 Å². The van der Waals surface area contributed by atoms with Crippen molar-refractivity contribution in [3.8, 4) is 10.4 Å². The maximum Gasteiger partial charge on any atom is 0.157 e. The minimum Gasteiger partial charge on any atom is -0.299 e. The second kappa shape index (κ2) is 9.10. The lowest BCUT2D eigenvalue weighted by Crippen LogP contribution is -2.27. The number of thiophene rings is 1. The number of hydrogen-bond acceptors (Lipinski definition) is 4. The molecule has 1 aromatic carbocycles. The fourth-order valence-electron chi connectivity index (χ4n) is 2.86. The lowest BCUT2D eigenvalue weighted by Gasteiger charge is -2.11. The summed E-state index contributed by atoms with van der Waals surface area (Å²) in [6.45, 7) is 1.36. The molecule has 1 heterocycles. The lowest BCUT2D eigenvalue weighted by atomic mass is 10.0. The summed E-state index contributed by atoms with van der Waals surface area (Å²) in [5.74, 6) is -0.252. The molecule has 0 aliphatic heterocycles. The van der Waals surface area contributed by atoms with Gasteiger partial charge in [-0.25, -0.2) is 8.42 Å². The summed E-state index contributed by atoms with van der Waals surface area (Å²) in [6.07, 6.45) is 5.24. The molecule has 1 aromatic heterocycles. The van der Waals surface area contributed by atoms with Gasteiger partial charge < -0.3 is 0 Å². The number of unbranched alkanes of at least 4 members (excludes halogenated alkanes) is 2. The summed E-state index contributed by atoms with van der Waals surface area (Å²) < 4.78 is 24.3. The van der Waals surface area contributed by atoms with Gasteiger partial charge in [0.05, 0.1) is 3.79 Å². The van der Waals surface area contributed by atoms with E-state index in [1.54, 1.807) is 11.3 Å². The van der Waals surface area contributed by atoms with Gasteiger partial charge in [0, 0.05) is 11.1 Å². The van der Waals surface area contributed by atoms with Crippen LogP contribution in [0.2, 0.25) is 0 Å². The second-order valence-corrected chi connectivity index (χ2v) is 11.0. The van der Waals surface area contributed by atoms with Crippen molar-refractivity contribution in [2.45, 2.75) is 44.3 Å². The molecule has 0 bridgehead atoms. The van der Waals surface area contributed by atoms with Crippen molar-refractivity contribution in [2.75, 3.05) is 6.26 Å². The maximum absolute atomic E-state index is 11.6. The highest BCUT2D eigenvalue weighted by molar-refractivity contribution is 9.11. The molecule has 0 spiro atoms. The molecule has 136 valence electrons. The van der Waals surface area contributed by atoms with Crippen LogP contribution in [-0.4, -0.2) is 25.7 Å². The minimum absolute atomic E-state index is 0.252. The van der Waals surface area contributed by atoms with E-state index in [9.17, 15) is 13.2 Å². The summed E-state index contributed by atoms with van der Waals surface area (Å²) in [4.78, 5) is 12.7. The Hall–Kier alpha value is -0.980. The van der Waals surface area contributed by atoms with Crippen molar-refractivity contribution in [2.24, 2.45) is 0 Å². The van der Waals surface area contributed by atoms with E-state index in [-0.39, 0.29) is 5.78 Å². The highest BCUT2D eigenvalue weighted by Crippen LogP contribution is 2.31. The Bertz CT molecular complexity index is 807. The second-order valence-electron chi connectivity index (χ2n) is 6.33. The number of halogens is 1. The third-order valence-electron chi connectivity index (χ3n) is 4.21. The molecule has 1 unspecified atom stereocenters. The van der Waals surface area contributed by atoms with Gasteiger partial charge in [-0.05, 0) is 65.4 Å². The van der Waals surface area contributed by atoms with Gasteiger partial charge in [-0.2, -0.15) is 0 Å². The predicted molar refractivity (Wildman–Crippen MR) is 109 cm³/mol. The highest BCUT2D eigenvalue weighted by atomic mass is 79.9. The topological polar surface area (TPSA) is 51.2 Å². The van der Waals surface area contributed by atoms with E-state index in [2.05, 4.69) is 52.3 Å². The Labute approximate surface area is 162 Å². The quantitative estimate of drug-likeness (QED) is 0.496. The number of carbonyl (C=O) groups excluding carboxylic acids is 1. The zero-order valence-electron chi connectivity index (χ0n) is 14.5. The minimum atomic E-state index is -3.28. The third kappa shape index (κ3) is 6.35. The zero-order chi connectivity index (χ0) is 18.4. The first-order chi connectivity index (χ1) is 11.8. The van der Waals surface area contributed by atoms with Crippen molar-refractivity contribution < 1.29 is 13.2 Å². The molecule has 0 saturated carbocycles. The van der Waals surface area contributed by atoms with Crippen molar-refractivity contribution in [3.63, 3.8) is 0 Å². The van der Waals surface area contributed by atoms with E-state index in [1.807, 2.05) is 0 Å². The molecule has 0 amide bonds. The van der Waals surface area contributed by atoms with Gasteiger partial charge in [-0.15, -0.1) is 11.3 Å². The highest BCUT2D eigenvalue weighted by Gasteiger charge is 2.24. The van der Waals surface area contributed by atoms with Crippen LogP contribution in [-0.2, 0) is 21.1 Å².